The van der Waals surface area contributed by atoms with Crippen molar-refractivity contribution in [3.63, 3.8) is 0 Å². The molecule has 11 heteroatoms. The molecule has 0 unspecified atom stereocenters. The Morgan fingerprint density at radius 3 is 2.33 bits per heavy atom. The maximum absolute atomic E-state index is 13.0. The molecule has 3 amide bonds. The molecule has 0 spiro atoms. The molecule has 4 aromatic rings. The third-order valence-corrected chi connectivity index (χ3v) is 5.09. The Hall–Kier alpha value is -4.05. The molecule has 0 bridgehead atoms. The summed E-state index contributed by atoms with van der Waals surface area (Å²) in [6, 6.07) is 12.3. The third kappa shape index (κ3) is 4.60. The maximum atomic E-state index is 13.0. The van der Waals surface area contributed by atoms with Gasteiger partial charge < -0.3 is 21.4 Å². The Morgan fingerprint density at radius 2 is 1.67 bits per heavy atom. The Kier molecular flexibility index (Phi) is 5.69. The lowest BCUT2D eigenvalue weighted by molar-refractivity contribution is -0.137. The monoisotopic (exact) mass is 473 g/mol. The van der Waals surface area contributed by atoms with Crippen molar-refractivity contribution >= 4 is 45.9 Å². The lowest BCUT2D eigenvalue weighted by atomic mass is 10.0. The minimum absolute atomic E-state index is 0.0724. The Labute approximate surface area is 189 Å². The number of nitrogens with zero attached hydrogens (tertiary/aromatic N) is 1. The predicted octanol–water partition coefficient (Wildman–Crippen LogP) is 5.65. The maximum Gasteiger partial charge on any atom is 0.417 e. The highest BCUT2D eigenvalue weighted by Gasteiger charge is 2.33. The summed E-state index contributed by atoms with van der Waals surface area (Å²) in [7, 11) is 0. The molecule has 0 aliphatic rings. The summed E-state index contributed by atoms with van der Waals surface area (Å²) < 4.78 is 39.0. The first-order valence-electron chi connectivity index (χ1n) is 9.45. The minimum atomic E-state index is -4.65. The van der Waals surface area contributed by atoms with Crippen LogP contribution in [-0.2, 0) is 6.18 Å². The van der Waals surface area contributed by atoms with Gasteiger partial charge in [-0.1, -0.05) is 23.7 Å². The zero-order chi connectivity index (χ0) is 23.8. The van der Waals surface area contributed by atoms with Crippen molar-refractivity contribution < 1.29 is 22.8 Å². The van der Waals surface area contributed by atoms with Crippen molar-refractivity contribution in [2.45, 2.75) is 6.18 Å². The number of benzene rings is 2. The summed E-state index contributed by atoms with van der Waals surface area (Å²) in [5, 5.41) is 4.40. The predicted molar refractivity (Wildman–Crippen MR) is 119 cm³/mol. The molecule has 7 nitrogen and oxygen atoms in total. The second-order valence-electron chi connectivity index (χ2n) is 6.99. The quantitative estimate of drug-likeness (QED) is 0.307. The molecular weight excluding hydrogens is 459 g/mol. The van der Waals surface area contributed by atoms with E-state index in [2.05, 4.69) is 20.6 Å². The number of carbonyl (C=O) groups excluding carboxylic acids is 2. The van der Waals surface area contributed by atoms with E-state index in [9.17, 15) is 22.8 Å². The van der Waals surface area contributed by atoms with Crippen LogP contribution in [0.5, 0.6) is 0 Å². The summed E-state index contributed by atoms with van der Waals surface area (Å²) in [6.45, 7) is 0. The molecular formula is C22H15ClF3N5O2. The van der Waals surface area contributed by atoms with Crippen LogP contribution in [0.25, 0.3) is 22.2 Å². The highest BCUT2D eigenvalue weighted by atomic mass is 35.5. The number of nitrogens with two attached hydrogens (primary N) is 1. The van der Waals surface area contributed by atoms with Gasteiger partial charge in [-0.3, -0.25) is 9.78 Å². The Bertz CT molecular complexity index is 1370. The largest absolute Gasteiger partial charge is 0.417 e. The number of amides is 3. The molecule has 2 aromatic heterocycles. The number of halogens is 4. The molecule has 0 aliphatic heterocycles. The van der Waals surface area contributed by atoms with Gasteiger partial charge in [0.05, 0.1) is 21.6 Å². The first-order chi connectivity index (χ1) is 15.6. The van der Waals surface area contributed by atoms with Gasteiger partial charge in [0, 0.05) is 23.1 Å². The van der Waals surface area contributed by atoms with Gasteiger partial charge in [-0.25, -0.2) is 4.79 Å². The van der Waals surface area contributed by atoms with Crippen LogP contribution in [0.1, 0.15) is 16.1 Å². The molecule has 168 valence electrons. The van der Waals surface area contributed by atoms with E-state index in [1.54, 1.807) is 42.6 Å². The van der Waals surface area contributed by atoms with Gasteiger partial charge in [-0.05, 0) is 48.0 Å². The molecule has 2 aromatic carbocycles. The molecule has 2 heterocycles. The van der Waals surface area contributed by atoms with Crippen LogP contribution in [-0.4, -0.2) is 21.9 Å². The molecule has 4 rings (SSSR count). The number of primary amides is 1. The standard InChI is InChI=1S/C22H15ClF3N5O2/c23-15-8-7-13(10-14(15)22(24,25)26)30-21(33)29-12-5-3-11(4-6-12)17-18-16(2-1-9-28-18)31-19(17)20(27)32/h1-10,31H,(H2,27,32)(H2,29,30,33). The normalized spacial score (nSPS) is 11.4. The van der Waals surface area contributed by atoms with Gasteiger partial charge in [0.15, 0.2) is 0 Å². The van der Waals surface area contributed by atoms with E-state index in [1.807, 2.05) is 0 Å². The van der Waals surface area contributed by atoms with Crippen LogP contribution < -0.4 is 16.4 Å². The van der Waals surface area contributed by atoms with Crippen molar-refractivity contribution in [2.75, 3.05) is 10.6 Å². The molecule has 33 heavy (non-hydrogen) atoms. The van der Waals surface area contributed by atoms with Crippen LogP contribution in [0.2, 0.25) is 5.02 Å². The Balaban J connectivity index is 1.54. The van der Waals surface area contributed by atoms with E-state index in [0.29, 0.717) is 27.8 Å². The van der Waals surface area contributed by atoms with Crippen LogP contribution in [0, 0.1) is 0 Å². The number of nitrogens with one attached hydrogen (secondary N) is 3. The van der Waals surface area contributed by atoms with Crippen molar-refractivity contribution in [3.05, 3.63) is 77.1 Å². The second-order valence-corrected chi connectivity index (χ2v) is 7.39. The summed E-state index contributed by atoms with van der Waals surface area (Å²) in [5.74, 6) is -0.647. The lowest BCUT2D eigenvalue weighted by Crippen LogP contribution is -2.20. The number of aromatic nitrogens is 2. The van der Waals surface area contributed by atoms with Crippen molar-refractivity contribution in [1.82, 2.24) is 9.97 Å². The number of hydrogen-bond acceptors (Lipinski definition) is 3. The average Bonchev–Trinajstić information content (AvgIpc) is 3.15. The number of alkyl halides is 3. The molecule has 0 atom stereocenters. The van der Waals surface area contributed by atoms with E-state index in [0.717, 1.165) is 12.1 Å². The van der Waals surface area contributed by atoms with E-state index in [4.69, 9.17) is 17.3 Å². The van der Waals surface area contributed by atoms with Gasteiger partial charge in [0.25, 0.3) is 5.91 Å². The number of aromatic amines is 1. The fourth-order valence-electron chi connectivity index (χ4n) is 3.32. The van der Waals surface area contributed by atoms with Crippen LogP contribution in [0.4, 0.5) is 29.3 Å². The van der Waals surface area contributed by atoms with Gasteiger partial charge in [0.1, 0.15) is 5.69 Å². The topological polar surface area (TPSA) is 113 Å². The van der Waals surface area contributed by atoms with E-state index in [1.165, 1.54) is 6.07 Å². The van der Waals surface area contributed by atoms with Crippen molar-refractivity contribution in [2.24, 2.45) is 5.73 Å². The number of rotatable bonds is 4. The lowest BCUT2D eigenvalue weighted by Gasteiger charge is -2.12. The molecule has 0 radical (unpaired) electrons. The molecule has 0 saturated carbocycles. The summed E-state index contributed by atoms with van der Waals surface area (Å²) >= 11 is 5.59. The van der Waals surface area contributed by atoms with Crippen molar-refractivity contribution in [3.8, 4) is 11.1 Å². The van der Waals surface area contributed by atoms with Gasteiger partial charge in [-0.2, -0.15) is 13.2 Å². The highest BCUT2D eigenvalue weighted by molar-refractivity contribution is 6.31. The number of pyridine rings is 1. The SMILES string of the molecule is NC(=O)c1[nH]c2cccnc2c1-c1ccc(NC(=O)Nc2ccc(Cl)c(C(F)(F)F)c2)cc1. The number of anilines is 2. The first-order valence-corrected chi connectivity index (χ1v) is 9.83. The number of carbonyl (C=O) groups is 2. The van der Waals surface area contributed by atoms with Gasteiger partial charge in [0.2, 0.25) is 0 Å². The number of hydrogen-bond donors (Lipinski definition) is 4. The minimum Gasteiger partial charge on any atom is -0.364 e. The van der Waals surface area contributed by atoms with Crippen LogP contribution in [0.15, 0.2) is 60.8 Å². The van der Waals surface area contributed by atoms with Crippen molar-refractivity contribution in [1.29, 1.82) is 0 Å². The molecule has 0 fully saturated rings. The van der Waals surface area contributed by atoms with Gasteiger partial charge >= 0.3 is 12.2 Å². The van der Waals surface area contributed by atoms with Crippen LogP contribution in [0.3, 0.4) is 0 Å². The molecule has 0 saturated heterocycles. The number of urea groups is 1. The number of fused-ring (bicyclic) bond motifs is 1. The second kappa shape index (κ2) is 8.47. The zero-order valence-corrected chi connectivity index (χ0v) is 17.4. The molecule has 0 aliphatic carbocycles. The third-order valence-electron chi connectivity index (χ3n) is 4.76. The molecule has 5 N–H and O–H groups in total. The zero-order valence-electron chi connectivity index (χ0n) is 16.6. The first kappa shape index (κ1) is 22.2. The van der Waals surface area contributed by atoms with Gasteiger partial charge in [-0.15, -0.1) is 0 Å². The Morgan fingerprint density at radius 1 is 1.00 bits per heavy atom. The van der Waals surface area contributed by atoms with E-state index < -0.39 is 28.7 Å². The average molecular weight is 474 g/mol. The van der Waals surface area contributed by atoms with Crippen LogP contribution >= 0.6 is 11.6 Å². The van der Waals surface area contributed by atoms with E-state index in [-0.39, 0.29) is 11.4 Å². The fraction of sp³-hybridized carbons (Fsp3) is 0.0455. The summed E-state index contributed by atoms with van der Waals surface area (Å²) in [6.07, 6.45) is -3.06. The summed E-state index contributed by atoms with van der Waals surface area (Å²) in [5.41, 5.74) is 7.30. The number of H-pyrrole nitrogens is 1. The summed E-state index contributed by atoms with van der Waals surface area (Å²) in [4.78, 5) is 31.4. The van der Waals surface area contributed by atoms with E-state index >= 15 is 0 Å². The smallest absolute Gasteiger partial charge is 0.364 e. The highest BCUT2D eigenvalue weighted by Crippen LogP contribution is 2.36. The fourth-order valence-corrected chi connectivity index (χ4v) is 3.55.